The molecule has 84 valence electrons. The Morgan fingerprint density at radius 3 is 2.59 bits per heavy atom. The Morgan fingerprint density at radius 1 is 1.41 bits per heavy atom. The number of hydrogen-bond donors (Lipinski definition) is 1. The molecular formula is C9H9N4NaO3. The third-order valence-electron chi connectivity index (χ3n) is 1.91. The van der Waals surface area contributed by atoms with Gasteiger partial charge in [0.1, 0.15) is 11.4 Å². The van der Waals surface area contributed by atoms with Crippen molar-refractivity contribution < 1.29 is 14.6 Å². The zero-order chi connectivity index (χ0) is 11.5. The number of nitrogens with zero attached hydrogens (tertiary/aromatic N) is 4. The maximum absolute atomic E-state index is 10.9. The maximum atomic E-state index is 10.9. The zero-order valence-electron chi connectivity index (χ0n) is 8.36. The van der Waals surface area contributed by atoms with E-state index in [0.29, 0.717) is 5.75 Å². The molecule has 0 aliphatic carbocycles. The fourth-order valence-corrected chi connectivity index (χ4v) is 1.20. The van der Waals surface area contributed by atoms with Crippen molar-refractivity contribution in [3.63, 3.8) is 0 Å². The van der Waals surface area contributed by atoms with Gasteiger partial charge in [-0.3, -0.25) is 0 Å². The number of methoxy groups -OCH3 is 1. The quantitative estimate of drug-likeness (QED) is 0.747. The summed E-state index contributed by atoms with van der Waals surface area (Å²) in [6.07, 6.45) is 4.23. The van der Waals surface area contributed by atoms with Crippen molar-refractivity contribution in [2.45, 2.75) is 0 Å². The summed E-state index contributed by atoms with van der Waals surface area (Å²) in [6, 6.07) is 1.51. The van der Waals surface area contributed by atoms with Crippen LogP contribution in [0.3, 0.4) is 0 Å². The second-order valence-corrected chi connectivity index (χ2v) is 2.87. The Hall–Kier alpha value is -1.44. The summed E-state index contributed by atoms with van der Waals surface area (Å²) in [5.41, 5.74) is 0.133. The van der Waals surface area contributed by atoms with E-state index in [1.165, 1.54) is 36.6 Å². The topological polar surface area (TPSA) is 90.1 Å². The van der Waals surface area contributed by atoms with Crippen LogP contribution in [-0.2, 0) is 0 Å². The first-order valence-corrected chi connectivity index (χ1v) is 4.36. The second-order valence-electron chi connectivity index (χ2n) is 2.87. The van der Waals surface area contributed by atoms with Crippen LogP contribution < -0.4 is 4.74 Å². The first-order valence-electron chi connectivity index (χ1n) is 4.36. The molecule has 2 aromatic rings. The minimum atomic E-state index is -1.14. The Morgan fingerprint density at radius 2 is 2.06 bits per heavy atom. The molecule has 0 fully saturated rings. The van der Waals surface area contributed by atoms with Crippen LogP contribution in [0.4, 0.5) is 0 Å². The van der Waals surface area contributed by atoms with Crippen molar-refractivity contribution in [1.82, 2.24) is 20.0 Å². The molecule has 0 unspecified atom stereocenters. The zero-order valence-corrected chi connectivity index (χ0v) is 8.36. The number of ether oxygens (including phenoxy) is 1. The molecule has 0 atom stereocenters. The van der Waals surface area contributed by atoms with Gasteiger partial charge in [-0.05, 0) is 0 Å². The monoisotopic (exact) mass is 244 g/mol. The summed E-state index contributed by atoms with van der Waals surface area (Å²) in [6.45, 7) is 0. The number of aromatic nitrogens is 4. The van der Waals surface area contributed by atoms with Gasteiger partial charge in [0.05, 0.1) is 25.7 Å². The van der Waals surface area contributed by atoms with Crippen LogP contribution >= 0.6 is 0 Å². The number of aromatic carboxylic acids is 1. The van der Waals surface area contributed by atoms with Crippen molar-refractivity contribution in [3.8, 4) is 11.4 Å². The van der Waals surface area contributed by atoms with Crippen LogP contribution in [0.25, 0.3) is 5.69 Å². The van der Waals surface area contributed by atoms with E-state index in [1.54, 1.807) is 0 Å². The molecule has 0 radical (unpaired) electrons. The van der Waals surface area contributed by atoms with E-state index < -0.39 is 5.97 Å². The van der Waals surface area contributed by atoms with Gasteiger partial charge in [0.25, 0.3) is 0 Å². The van der Waals surface area contributed by atoms with E-state index in [2.05, 4.69) is 15.2 Å². The van der Waals surface area contributed by atoms with Crippen LogP contribution in [0.1, 0.15) is 10.5 Å². The standard InChI is InChI=1S/C9H8N4O3.Na.H/c1-16-6-4-7(13-11-2-3-12-13)8(9(14)15)10-5-6;;/h2-5H,1H3,(H,14,15);;. The minimum absolute atomic E-state index is 0. The van der Waals surface area contributed by atoms with Gasteiger partial charge in [-0.15, -0.1) is 4.80 Å². The molecule has 2 heterocycles. The van der Waals surface area contributed by atoms with E-state index >= 15 is 0 Å². The fraction of sp³-hybridized carbons (Fsp3) is 0.111. The predicted octanol–water partition coefficient (Wildman–Crippen LogP) is -0.279. The average molecular weight is 244 g/mol. The molecule has 0 bridgehead atoms. The predicted molar refractivity (Wildman–Crippen MR) is 59.8 cm³/mol. The normalized spacial score (nSPS) is 9.47. The van der Waals surface area contributed by atoms with Crippen molar-refractivity contribution >= 4 is 35.5 Å². The van der Waals surface area contributed by atoms with Gasteiger partial charge in [-0.25, -0.2) is 9.78 Å². The van der Waals surface area contributed by atoms with Crippen molar-refractivity contribution in [2.75, 3.05) is 7.11 Å². The Bertz CT molecular complexity index is 515. The van der Waals surface area contributed by atoms with Gasteiger partial charge < -0.3 is 9.84 Å². The number of hydrogen-bond acceptors (Lipinski definition) is 5. The van der Waals surface area contributed by atoms with Crippen LogP contribution in [0.15, 0.2) is 24.7 Å². The molecule has 8 heteroatoms. The van der Waals surface area contributed by atoms with Crippen LogP contribution in [-0.4, -0.2) is 67.7 Å². The number of carbonyl (C=O) groups is 1. The molecule has 2 aromatic heterocycles. The van der Waals surface area contributed by atoms with E-state index in [1.807, 2.05) is 0 Å². The van der Waals surface area contributed by atoms with Crippen LogP contribution in [0.2, 0.25) is 0 Å². The van der Waals surface area contributed by atoms with Gasteiger partial charge in [0.15, 0.2) is 5.69 Å². The van der Waals surface area contributed by atoms with Gasteiger partial charge in [-0.1, -0.05) is 0 Å². The van der Waals surface area contributed by atoms with E-state index in [0.717, 1.165) is 0 Å². The molecule has 0 aromatic carbocycles. The molecule has 0 aliphatic rings. The summed E-state index contributed by atoms with van der Waals surface area (Å²) in [5, 5.41) is 16.7. The van der Waals surface area contributed by atoms with Crippen molar-refractivity contribution in [2.24, 2.45) is 0 Å². The third-order valence-corrected chi connectivity index (χ3v) is 1.91. The van der Waals surface area contributed by atoms with Crippen LogP contribution in [0.5, 0.6) is 5.75 Å². The Labute approximate surface area is 119 Å². The SMILES string of the molecule is COc1cnc(C(=O)O)c(-n2nccn2)c1.[NaH]. The molecule has 0 spiro atoms. The first-order chi connectivity index (χ1) is 7.72. The first kappa shape index (κ1) is 13.6. The fourth-order valence-electron chi connectivity index (χ4n) is 1.20. The molecule has 0 amide bonds. The summed E-state index contributed by atoms with van der Waals surface area (Å²) in [5.74, 6) is -0.702. The molecular weight excluding hydrogens is 235 g/mol. The number of pyridine rings is 1. The summed E-state index contributed by atoms with van der Waals surface area (Å²) >= 11 is 0. The molecule has 0 saturated heterocycles. The van der Waals surface area contributed by atoms with Gasteiger partial charge in [0.2, 0.25) is 0 Å². The molecule has 2 rings (SSSR count). The number of carboxylic acids is 1. The third kappa shape index (κ3) is 2.82. The number of rotatable bonds is 3. The molecule has 1 N–H and O–H groups in total. The summed E-state index contributed by atoms with van der Waals surface area (Å²) in [4.78, 5) is 15.9. The molecule has 0 saturated carbocycles. The van der Waals surface area contributed by atoms with Gasteiger partial charge in [-0.2, -0.15) is 10.2 Å². The molecule has 17 heavy (non-hydrogen) atoms. The Balaban J connectivity index is 0.00000144. The van der Waals surface area contributed by atoms with Gasteiger partial charge >= 0.3 is 35.5 Å². The average Bonchev–Trinajstić information content (AvgIpc) is 2.81. The molecule has 0 aliphatic heterocycles. The van der Waals surface area contributed by atoms with Crippen molar-refractivity contribution in [1.29, 1.82) is 0 Å². The molecule has 7 nitrogen and oxygen atoms in total. The Kier molecular flexibility index (Phi) is 4.62. The summed E-state index contributed by atoms with van der Waals surface area (Å²) in [7, 11) is 1.47. The van der Waals surface area contributed by atoms with Crippen molar-refractivity contribution in [3.05, 3.63) is 30.4 Å². The van der Waals surface area contributed by atoms with Crippen LogP contribution in [0, 0.1) is 0 Å². The van der Waals surface area contributed by atoms with E-state index in [-0.39, 0.29) is 40.9 Å². The second kappa shape index (κ2) is 5.76. The van der Waals surface area contributed by atoms with E-state index in [9.17, 15) is 4.79 Å². The van der Waals surface area contributed by atoms with Gasteiger partial charge in [0, 0.05) is 6.07 Å². The number of carboxylic acid groups (broad SMARTS) is 1. The van der Waals surface area contributed by atoms with E-state index in [4.69, 9.17) is 9.84 Å². The summed E-state index contributed by atoms with van der Waals surface area (Å²) < 4.78 is 4.96.